The summed E-state index contributed by atoms with van der Waals surface area (Å²) < 4.78 is 1.92. The molecule has 0 radical (unpaired) electrons. The highest BCUT2D eigenvalue weighted by Crippen LogP contribution is 2.24. The molecule has 0 atom stereocenters. The molecular weight excluding hydrogens is 308 g/mol. The number of hydrogen-bond donors (Lipinski definition) is 2. The molecule has 3 rings (SSSR count). The van der Waals surface area contributed by atoms with Crippen molar-refractivity contribution in [1.82, 2.24) is 19.8 Å². The summed E-state index contributed by atoms with van der Waals surface area (Å²) >= 11 is 5.47. The summed E-state index contributed by atoms with van der Waals surface area (Å²) in [4.78, 5) is 17.5. The van der Waals surface area contributed by atoms with E-state index in [1.807, 2.05) is 28.8 Å². The van der Waals surface area contributed by atoms with Gasteiger partial charge in [0.1, 0.15) is 0 Å². The van der Waals surface area contributed by atoms with Gasteiger partial charge in [0.25, 0.3) is 0 Å². The fraction of sp³-hybridized carbons (Fsp3) is 0.529. The Balaban J connectivity index is 1.65. The fourth-order valence-electron chi connectivity index (χ4n) is 3.25. The number of likely N-dealkylation sites (tertiary alicyclic amines) is 1. The van der Waals surface area contributed by atoms with E-state index in [0.717, 1.165) is 55.0 Å². The number of nitrogens with zero attached hydrogens (tertiary/aromatic N) is 2. The van der Waals surface area contributed by atoms with Crippen molar-refractivity contribution in [2.75, 3.05) is 19.6 Å². The van der Waals surface area contributed by atoms with Gasteiger partial charge in [-0.15, -0.1) is 0 Å². The third-order valence-electron chi connectivity index (χ3n) is 4.55. The zero-order valence-electron chi connectivity index (χ0n) is 13.5. The molecule has 124 valence electrons. The van der Waals surface area contributed by atoms with Crippen LogP contribution in [0.3, 0.4) is 0 Å². The van der Waals surface area contributed by atoms with E-state index in [-0.39, 0.29) is 11.7 Å². The van der Waals surface area contributed by atoms with Gasteiger partial charge >= 0.3 is 5.69 Å². The molecule has 5 nitrogen and oxygen atoms in total. The summed E-state index contributed by atoms with van der Waals surface area (Å²) in [6, 6.07) is 8.14. The van der Waals surface area contributed by atoms with Crippen molar-refractivity contribution in [2.45, 2.75) is 38.6 Å². The van der Waals surface area contributed by atoms with E-state index in [1.54, 1.807) is 0 Å². The number of aromatic nitrogens is 2. The topological polar surface area (TPSA) is 53.1 Å². The first-order valence-corrected chi connectivity index (χ1v) is 8.83. The fourth-order valence-corrected chi connectivity index (χ4v) is 3.53. The standard InChI is InChI=1S/C17H24N4OS/c1-2-3-10-18-17(23)20-11-8-13(9-12-20)21-15-7-5-4-6-14(15)19-16(21)22/h4-7,13H,2-3,8-12H2,1H3,(H,18,23)(H,19,22). The molecule has 1 aromatic heterocycles. The lowest BCUT2D eigenvalue weighted by molar-refractivity contribution is 0.265. The van der Waals surface area contributed by atoms with Gasteiger partial charge in [-0.1, -0.05) is 25.5 Å². The SMILES string of the molecule is CCCCNC(=S)N1CCC(n2c(=O)[nH]c3ccccc32)CC1. The molecule has 1 fully saturated rings. The quantitative estimate of drug-likeness (QED) is 0.668. The van der Waals surface area contributed by atoms with Crippen molar-refractivity contribution in [2.24, 2.45) is 0 Å². The number of rotatable bonds is 4. The molecule has 6 heteroatoms. The highest BCUT2D eigenvalue weighted by atomic mass is 32.1. The normalized spacial score (nSPS) is 16.0. The van der Waals surface area contributed by atoms with Gasteiger partial charge in [-0.25, -0.2) is 4.79 Å². The van der Waals surface area contributed by atoms with Gasteiger partial charge in [0.2, 0.25) is 0 Å². The molecule has 2 aromatic rings. The smallest absolute Gasteiger partial charge is 0.326 e. The van der Waals surface area contributed by atoms with E-state index in [2.05, 4.69) is 22.1 Å². The Morgan fingerprint density at radius 1 is 1.35 bits per heavy atom. The van der Waals surface area contributed by atoms with Crippen LogP contribution in [0.2, 0.25) is 0 Å². The highest BCUT2D eigenvalue weighted by molar-refractivity contribution is 7.80. The minimum absolute atomic E-state index is 0.00621. The lowest BCUT2D eigenvalue weighted by atomic mass is 10.0. The number of benzene rings is 1. The summed E-state index contributed by atoms with van der Waals surface area (Å²) in [6.45, 7) is 4.91. The number of unbranched alkanes of at least 4 members (excludes halogenated alkanes) is 1. The van der Waals surface area contributed by atoms with E-state index in [4.69, 9.17) is 12.2 Å². The molecule has 0 bridgehead atoms. The minimum atomic E-state index is -0.00621. The van der Waals surface area contributed by atoms with Crippen molar-refractivity contribution < 1.29 is 0 Å². The second-order valence-electron chi connectivity index (χ2n) is 6.12. The second-order valence-corrected chi connectivity index (χ2v) is 6.51. The largest absolute Gasteiger partial charge is 0.363 e. The van der Waals surface area contributed by atoms with Crippen LogP contribution in [0.15, 0.2) is 29.1 Å². The second kappa shape index (κ2) is 7.17. The molecular formula is C17H24N4OS. The first-order chi connectivity index (χ1) is 11.2. The van der Waals surface area contributed by atoms with Gasteiger partial charge in [-0.05, 0) is 43.6 Å². The first-order valence-electron chi connectivity index (χ1n) is 8.42. The summed E-state index contributed by atoms with van der Waals surface area (Å²) in [7, 11) is 0. The van der Waals surface area contributed by atoms with Crippen molar-refractivity contribution in [3.05, 3.63) is 34.7 Å². The van der Waals surface area contributed by atoms with Crippen LogP contribution in [0.4, 0.5) is 0 Å². The molecule has 1 aliphatic heterocycles. The van der Waals surface area contributed by atoms with Crippen LogP contribution in [-0.4, -0.2) is 39.2 Å². The number of para-hydroxylation sites is 2. The van der Waals surface area contributed by atoms with Gasteiger partial charge in [-0.2, -0.15) is 0 Å². The van der Waals surface area contributed by atoms with Gasteiger partial charge in [0.05, 0.1) is 11.0 Å². The van der Waals surface area contributed by atoms with E-state index in [1.165, 1.54) is 6.42 Å². The van der Waals surface area contributed by atoms with Gasteiger partial charge in [0, 0.05) is 25.7 Å². The van der Waals surface area contributed by atoms with Crippen LogP contribution in [0, 0.1) is 0 Å². The summed E-state index contributed by atoms with van der Waals surface area (Å²) in [5, 5.41) is 4.18. The summed E-state index contributed by atoms with van der Waals surface area (Å²) in [5.41, 5.74) is 1.91. The van der Waals surface area contributed by atoms with Crippen molar-refractivity contribution in [3.63, 3.8) is 0 Å². The Kier molecular flexibility index (Phi) is 5.00. The molecule has 1 saturated heterocycles. The first kappa shape index (κ1) is 16.1. The lowest BCUT2D eigenvalue weighted by Gasteiger charge is -2.34. The van der Waals surface area contributed by atoms with E-state index in [9.17, 15) is 4.79 Å². The Bertz CT molecular complexity index is 728. The average molecular weight is 332 g/mol. The molecule has 1 aromatic carbocycles. The Hall–Kier alpha value is -1.82. The molecule has 23 heavy (non-hydrogen) atoms. The molecule has 0 spiro atoms. The summed E-state index contributed by atoms with van der Waals surface area (Å²) in [5.74, 6) is 0. The predicted octanol–water partition coefficient (Wildman–Crippen LogP) is 2.64. The Morgan fingerprint density at radius 3 is 2.83 bits per heavy atom. The maximum Gasteiger partial charge on any atom is 0.326 e. The number of thiocarbonyl (C=S) groups is 1. The summed E-state index contributed by atoms with van der Waals surface area (Å²) in [6.07, 6.45) is 4.19. The van der Waals surface area contributed by atoms with Crippen LogP contribution < -0.4 is 11.0 Å². The lowest BCUT2D eigenvalue weighted by Crippen LogP contribution is -2.45. The third-order valence-corrected chi connectivity index (χ3v) is 4.95. The number of hydrogen-bond acceptors (Lipinski definition) is 2. The number of nitrogens with one attached hydrogen (secondary N) is 2. The van der Waals surface area contributed by atoms with Gasteiger partial charge < -0.3 is 15.2 Å². The van der Waals surface area contributed by atoms with Gasteiger partial charge in [0.15, 0.2) is 5.11 Å². The maximum absolute atomic E-state index is 12.3. The predicted molar refractivity (Wildman–Crippen MR) is 97.9 cm³/mol. The molecule has 0 aliphatic carbocycles. The zero-order valence-corrected chi connectivity index (χ0v) is 14.4. The van der Waals surface area contributed by atoms with Crippen LogP contribution in [0.1, 0.15) is 38.6 Å². The number of aromatic amines is 1. The van der Waals surface area contributed by atoms with Gasteiger partial charge in [-0.3, -0.25) is 4.57 Å². The molecule has 0 unspecified atom stereocenters. The number of imidazole rings is 1. The van der Waals surface area contributed by atoms with Crippen LogP contribution in [0.25, 0.3) is 11.0 Å². The van der Waals surface area contributed by atoms with Crippen LogP contribution >= 0.6 is 12.2 Å². The van der Waals surface area contributed by atoms with Crippen LogP contribution in [-0.2, 0) is 0 Å². The average Bonchev–Trinajstić information content (AvgIpc) is 2.91. The number of H-pyrrole nitrogens is 1. The number of piperidine rings is 1. The molecule has 0 saturated carbocycles. The Labute approximate surface area is 141 Å². The van der Waals surface area contributed by atoms with Crippen molar-refractivity contribution >= 4 is 28.4 Å². The molecule has 2 N–H and O–H groups in total. The molecule has 1 aliphatic rings. The monoisotopic (exact) mass is 332 g/mol. The van der Waals surface area contributed by atoms with Crippen molar-refractivity contribution in [1.29, 1.82) is 0 Å². The van der Waals surface area contributed by atoms with Crippen LogP contribution in [0.5, 0.6) is 0 Å². The molecule has 2 heterocycles. The zero-order chi connectivity index (χ0) is 16.2. The Morgan fingerprint density at radius 2 is 2.09 bits per heavy atom. The minimum Gasteiger partial charge on any atom is -0.363 e. The molecule has 0 amide bonds. The van der Waals surface area contributed by atoms with E-state index in [0.29, 0.717) is 0 Å². The van der Waals surface area contributed by atoms with E-state index < -0.39 is 0 Å². The van der Waals surface area contributed by atoms with Crippen molar-refractivity contribution in [3.8, 4) is 0 Å². The highest BCUT2D eigenvalue weighted by Gasteiger charge is 2.24. The maximum atomic E-state index is 12.3. The number of fused-ring (bicyclic) bond motifs is 1. The van der Waals surface area contributed by atoms with E-state index >= 15 is 0 Å². The third kappa shape index (κ3) is 3.42.